The van der Waals surface area contributed by atoms with E-state index in [0.717, 1.165) is 19.3 Å². The van der Waals surface area contributed by atoms with Crippen molar-refractivity contribution in [3.63, 3.8) is 0 Å². The Morgan fingerprint density at radius 2 is 1.82 bits per heavy atom. The number of hydrogen-bond acceptors (Lipinski definition) is 2. The van der Waals surface area contributed by atoms with E-state index in [2.05, 4.69) is 0 Å². The van der Waals surface area contributed by atoms with Crippen LogP contribution in [0.5, 0.6) is 0 Å². The van der Waals surface area contributed by atoms with Crippen molar-refractivity contribution in [2.24, 2.45) is 11.7 Å². The number of halogens is 3. The zero-order valence-corrected chi connectivity index (χ0v) is 10.6. The van der Waals surface area contributed by atoms with Crippen molar-refractivity contribution in [2.45, 2.75) is 57.8 Å². The summed E-state index contributed by atoms with van der Waals surface area (Å²) in [6.45, 7) is 4.70. The van der Waals surface area contributed by atoms with E-state index in [1.54, 1.807) is 4.90 Å². The molecule has 1 rings (SSSR count). The quantitative estimate of drug-likeness (QED) is 0.755. The van der Waals surface area contributed by atoms with Crippen LogP contribution in [0.25, 0.3) is 0 Å². The summed E-state index contributed by atoms with van der Waals surface area (Å²) in [4.78, 5) is 1.63. The van der Waals surface area contributed by atoms with Gasteiger partial charge >= 0.3 is 6.18 Å². The maximum absolute atomic E-state index is 13.0. The first-order chi connectivity index (χ1) is 7.86. The Hall–Kier alpha value is -0.290. The Bertz CT molecular complexity index is 224. The van der Waals surface area contributed by atoms with Crippen LogP contribution >= 0.6 is 0 Å². The van der Waals surface area contributed by atoms with Crippen LogP contribution in [0.2, 0.25) is 0 Å². The van der Waals surface area contributed by atoms with Crippen LogP contribution in [0.3, 0.4) is 0 Å². The molecule has 0 spiro atoms. The molecule has 0 aromatic carbocycles. The van der Waals surface area contributed by atoms with Gasteiger partial charge in [0.25, 0.3) is 0 Å². The molecule has 1 aliphatic carbocycles. The number of nitrogens with two attached hydrogens (primary N) is 1. The highest BCUT2D eigenvalue weighted by Crippen LogP contribution is 2.36. The van der Waals surface area contributed by atoms with E-state index in [1.807, 2.05) is 13.8 Å². The van der Waals surface area contributed by atoms with Crippen molar-refractivity contribution >= 4 is 0 Å². The Morgan fingerprint density at radius 1 is 1.24 bits per heavy atom. The molecule has 1 fully saturated rings. The molecule has 1 saturated carbocycles. The Labute approximate surface area is 101 Å². The lowest BCUT2D eigenvalue weighted by atomic mass is 10.1. The molecule has 102 valence electrons. The highest BCUT2D eigenvalue weighted by molar-refractivity contribution is 4.91. The monoisotopic (exact) mass is 252 g/mol. The lowest BCUT2D eigenvalue weighted by Gasteiger charge is -2.33. The van der Waals surface area contributed by atoms with Gasteiger partial charge in [-0.05, 0) is 44.7 Å². The molecular formula is C12H23F3N2. The lowest BCUT2D eigenvalue weighted by Crippen LogP contribution is -2.48. The minimum Gasteiger partial charge on any atom is -0.330 e. The minimum atomic E-state index is -4.15. The zero-order chi connectivity index (χ0) is 13.1. The maximum Gasteiger partial charge on any atom is 0.404 e. The summed E-state index contributed by atoms with van der Waals surface area (Å²) in [6.07, 6.45) is -1.53. The summed E-state index contributed by atoms with van der Waals surface area (Å²) in [7, 11) is 0. The van der Waals surface area contributed by atoms with Crippen LogP contribution < -0.4 is 5.73 Å². The third-order valence-corrected chi connectivity index (χ3v) is 3.20. The van der Waals surface area contributed by atoms with E-state index in [-0.39, 0.29) is 19.0 Å². The average Bonchev–Trinajstić information content (AvgIpc) is 2.98. The second kappa shape index (κ2) is 6.05. The molecule has 0 bridgehead atoms. The second-order valence-electron chi connectivity index (χ2n) is 5.29. The van der Waals surface area contributed by atoms with Crippen molar-refractivity contribution in [3.8, 4) is 0 Å². The molecule has 2 N–H and O–H groups in total. The summed E-state index contributed by atoms with van der Waals surface area (Å²) in [5.74, 6) is 0.433. The molecule has 1 unspecified atom stereocenters. The maximum atomic E-state index is 13.0. The smallest absolute Gasteiger partial charge is 0.330 e. The molecule has 0 aromatic rings. The van der Waals surface area contributed by atoms with Crippen LogP contribution in [0.4, 0.5) is 13.2 Å². The van der Waals surface area contributed by atoms with E-state index in [9.17, 15) is 13.2 Å². The molecule has 0 aliphatic heterocycles. The van der Waals surface area contributed by atoms with E-state index in [4.69, 9.17) is 5.73 Å². The van der Waals surface area contributed by atoms with Crippen LogP contribution in [0, 0.1) is 5.92 Å². The molecule has 0 aromatic heterocycles. The summed E-state index contributed by atoms with van der Waals surface area (Å²) in [6, 6.07) is -1.22. The molecule has 0 heterocycles. The zero-order valence-electron chi connectivity index (χ0n) is 10.6. The third kappa shape index (κ3) is 4.84. The number of rotatable bonds is 7. The molecule has 0 saturated heterocycles. The molecule has 0 radical (unpaired) electrons. The summed E-state index contributed by atoms with van der Waals surface area (Å²) in [5, 5.41) is 0. The van der Waals surface area contributed by atoms with Crippen LogP contribution in [0.15, 0.2) is 0 Å². The SMILES string of the molecule is CC(C)CCN(C1CC1)C(CCN)C(F)(F)F. The van der Waals surface area contributed by atoms with E-state index in [0.29, 0.717) is 12.5 Å². The predicted molar refractivity (Wildman–Crippen MR) is 62.7 cm³/mol. The largest absolute Gasteiger partial charge is 0.404 e. The fourth-order valence-electron chi connectivity index (χ4n) is 2.08. The van der Waals surface area contributed by atoms with Gasteiger partial charge in [0.05, 0.1) is 0 Å². The van der Waals surface area contributed by atoms with Gasteiger partial charge in [0.2, 0.25) is 0 Å². The molecule has 1 atom stereocenters. The van der Waals surface area contributed by atoms with Crippen LogP contribution in [0.1, 0.15) is 39.5 Å². The normalized spacial score (nSPS) is 19.1. The van der Waals surface area contributed by atoms with E-state index in [1.165, 1.54) is 0 Å². The summed E-state index contributed by atoms with van der Waals surface area (Å²) >= 11 is 0. The van der Waals surface area contributed by atoms with Gasteiger partial charge in [-0.15, -0.1) is 0 Å². The fraction of sp³-hybridized carbons (Fsp3) is 1.00. The first-order valence-corrected chi connectivity index (χ1v) is 6.38. The lowest BCUT2D eigenvalue weighted by molar-refractivity contribution is -0.187. The van der Waals surface area contributed by atoms with Gasteiger partial charge in [-0.25, -0.2) is 0 Å². The molecular weight excluding hydrogens is 229 g/mol. The van der Waals surface area contributed by atoms with E-state index >= 15 is 0 Å². The molecule has 17 heavy (non-hydrogen) atoms. The first kappa shape index (κ1) is 14.8. The van der Waals surface area contributed by atoms with Gasteiger partial charge in [0, 0.05) is 6.04 Å². The Balaban J connectivity index is 2.64. The van der Waals surface area contributed by atoms with Crippen molar-refractivity contribution < 1.29 is 13.2 Å². The topological polar surface area (TPSA) is 29.3 Å². The average molecular weight is 252 g/mol. The van der Waals surface area contributed by atoms with Crippen molar-refractivity contribution in [1.29, 1.82) is 0 Å². The van der Waals surface area contributed by atoms with Crippen molar-refractivity contribution in [1.82, 2.24) is 4.90 Å². The Morgan fingerprint density at radius 3 is 2.18 bits per heavy atom. The number of nitrogens with zero attached hydrogens (tertiary/aromatic N) is 1. The second-order valence-corrected chi connectivity index (χ2v) is 5.29. The van der Waals surface area contributed by atoms with Crippen LogP contribution in [-0.2, 0) is 0 Å². The molecule has 0 amide bonds. The van der Waals surface area contributed by atoms with Gasteiger partial charge in [0.1, 0.15) is 6.04 Å². The van der Waals surface area contributed by atoms with Gasteiger partial charge in [-0.3, -0.25) is 4.90 Å². The van der Waals surface area contributed by atoms with Crippen molar-refractivity contribution in [2.75, 3.05) is 13.1 Å². The van der Waals surface area contributed by atoms with E-state index < -0.39 is 12.2 Å². The number of hydrogen-bond donors (Lipinski definition) is 1. The van der Waals surface area contributed by atoms with Crippen LogP contribution in [-0.4, -0.2) is 36.2 Å². The minimum absolute atomic E-state index is 0.0120. The van der Waals surface area contributed by atoms with Gasteiger partial charge in [0.15, 0.2) is 0 Å². The first-order valence-electron chi connectivity index (χ1n) is 6.38. The van der Waals surface area contributed by atoms with Gasteiger partial charge < -0.3 is 5.73 Å². The third-order valence-electron chi connectivity index (χ3n) is 3.20. The summed E-state index contributed by atoms with van der Waals surface area (Å²) < 4.78 is 38.9. The molecule has 5 heteroatoms. The number of alkyl halides is 3. The molecule has 2 nitrogen and oxygen atoms in total. The predicted octanol–water partition coefficient (Wildman–Crippen LogP) is 2.78. The fourth-order valence-corrected chi connectivity index (χ4v) is 2.08. The van der Waals surface area contributed by atoms with Gasteiger partial charge in [-0.1, -0.05) is 13.8 Å². The highest BCUT2D eigenvalue weighted by Gasteiger charge is 2.47. The molecule has 1 aliphatic rings. The van der Waals surface area contributed by atoms with Crippen molar-refractivity contribution in [3.05, 3.63) is 0 Å². The Kier molecular flexibility index (Phi) is 5.25. The summed E-state index contributed by atoms with van der Waals surface area (Å²) in [5.41, 5.74) is 5.31. The van der Waals surface area contributed by atoms with Gasteiger partial charge in [-0.2, -0.15) is 13.2 Å². The highest BCUT2D eigenvalue weighted by atomic mass is 19.4. The standard InChI is InChI=1S/C12H23F3N2/c1-9(2)6-8-17(10-3-4-10)11(5-7-16)12(13,14)15/h9-11H,3-8,16H2,1-2H3.